The first-order valence-corrected chi connectivity index (χ1v) is 5.94. The van der Waals surface area contributed by atoms with Gasteiger partial charge in [0.25, 0.3) is 0 Å². The normalized spacial score (nSPS) is 12.4. The van der Waals surface area contributed by atoms with Crippen LogP contribution in [0.3, 0.4) is 0 Å². The summed E-state index contributed by atoms with van der Waals surface area (Å²) in [6.45, 7) is 0.304. The fourth-order valence-electron chi connectivity index (χ4n) is 1.25. The first kappa shape index (κ1) is 11.7. The van der Waals surface area contributed by atoms with Gasteiger partial charge in [0.15, 0.2) is 16.9 Å². The zero-order valence-corrected chi connectivity index (χ0v) is 9.92. The Hall–Kier alpha value is -1.73. The molecule has 1 aromatic carbocycles. The molecule has 90 valence electrons. The molecule has 7 heteroatoms. The molecule has 2 rings (SSSR count). The van der Waals surface area contributed by atoms with E-state index >= 15 is 0 Å². The predicted octanol–water partition coefficient (Wildman–Crippen LogP) is 0.975. The lowest BCUT2D eigenvalue weighted by molar-refractivity contribution is 0.289. The summed E-state index contributed by atoms with van der Waals surface area (Å²) in [5.41, 5.74) is 0. The lowest BCUT2D eigenvalue weighted by Crippen LogP contribution is -2.04. The average molecular weight is 253 g/mol. The summed E-state index contributed by atoms with van der Waals surface area (Å²) in [5.74, 6) is 1.32. The summed E-state index contributed by atoms with van der Waals surface area (Å²) in [6.07, 6.45) is 1.46. The highest BCUT2D eigenvalue weighted by Gasteiger charge is 2.03. The topological polar surface area (TPSA) is 77.2 Å². The van der Waals surface area contributed by atoms with Crippen molar-refractivity contribution in [2.24, 2.45) is 7.05 Å². The maximum absolute atomic E-state index is 10.8. The van der Waals surface area contributed by atoms with Gasteiger partial charge in [-0.25, -0.2) is 9.19 Å². The van der Waals surface area contributed by atoms with Crippen LogP contribution in [0.5, 0.6) is 5.75 Å². The van der Waals surface area contributed by atoms with Crippen LogP contribution in [0.1, 0.15) is 5.82 Å². The molecule has 1 N–H and O–H groups in total. The summed E-state index contributed by atoms with van der Waals surface area (Å²) in [7, 11) is 1.78. The molecular formula is C10H11N3O3S. The van der Waals surface area contributed by atoms with Gasteiger partial charge in [-0.15, -0.1) is 0 Å². The summed E-state index contributed by atoms with van der Waals surface area (Å²) in [6, 6.07) is 6.36. The SMILES string of the molecule is Cn1ncnc1COc1ccc(S(=O)O)cc1. The second-order valence-electron chi connectivity index (χ2n) is 3.31. The number of benzene rings is 1. The molecule has 0 saturated carbocycles. The van der Waals surface area contributed by atoms with Gasteiger partial charge in [0.2, 0.25) is 0 Å². The summed E-state index contributed by atoms with van der Waals surface area (Å²) in [4.78, 5) is 4.36. The van der Waals surface area contributed by atoms with Crippen molar-refractivity contribution in [1.82, 2.24) is 14.8 Å². The van der Waals surface area contributed by atoms with Crippen LogP contribution in [0.15, 0.2) is 35.5 Å². The smallest absolute Gasteiger partial charge is 0.186 e. The van der Waals surface area contributed by atoms with Gasteiger partial charge in [-0.3, -0.25) is 4.68 Å². The van der Waals surface area contributed by atoms with E-state index < -0.39 is 11.1 Å². The Morgan fingerprint density at radius 2 is 2.12 bits per heavy atom. The fourth-order valence-corrected chi connectivity index (χ4v) is 1.62. The molecule has 6 nitrogen and oxygen atoms in total. The molecule has 1 heterocycles. The molecular weight excluding hydrogens is 242 g/mol. The Morgan fingerprint density at radius 3 is 2.65 bits per heavy atom. The molecule has 1 aromatic heterocycles. The van der Waals surface area contributed by atoms with Gasteiger partial charge in [0.1, 0.15) is 18.7 Å². The lowest BCUT2D eigenvalue weighted by Gasteiger charge is -2.05. The minimum absolute atomic E-state index is 0.304. The standard InChI is InChI=1S/C10H11N3O3S/c1-13-10(11-7-12-13)6-16-8-2-4-9(5-3-8)17(14)15/h2-5,7H,6H2,1H3,(H,14,15). The highest BCUT2D eigenvalue weighted by atomic mass is 32.2. The van der Waals surface area contributed by atoms with E-state index in [-0.39, 0.29) is 0 Å². The average Bonchev–Trinajstić information content (AvgIpc) is 2.73. The van der Waals surface area contributed by atoms with E-state index in [2.05, 4.69) is 10.1 Å². The molecule has 0 fully saturated rings. The van der Waals surface area contributed by atoms with E-state index in [0.29, 0.717) is 23.1 Å². The van der Waals surface area contributed by atoms with Crippen molar-refractivity contribution in [3.63, 3.8) is 0 Å². The number of hydrogen-bond donors (Lipinski definition) is 1. The van der Waals surface area contributed by atoms with E-state index in [4.69, 9.17) is 9.29 Å². The number of ether oxygens (including phenoxy) is 1. The minimum Gasteiger partial charge on any atom is -0.486 e. The quantitative estimate of drug-likeness (QED) is 0.822. The molecule has 2 aromatic rings. The zero-order chi connectivity index (χ0) is 12.3. The third kappa shape index (κ3) is 2.89. The van der Waals surface area contributed by atoms with Crippen molar-refractivity contribution in [3.05, 3.63) is 36.4 Å². The number of aryl methyl sites for hydroxylation is 1. The maximum atomic E-state index is 10.8. The van der Waals surface area contributed by atoms with Crippen molar-refractivity contribution in [3.8, 4) is 5.75 Å². The van der Waals surface area contributed by atoms with E-state index in [0.717, 1.165) is 0 Å². The van der Waals surface area contributed by atoms with Crippen LogP contribution in [-0.4, -0.2) is 23.5 Å². The molecule has 1 atom stereocenters. The molecule has 0 amide bonds. The molecule has 0 bridgehead atoms. The van der Waals surface area contributed by atoms with E-state index in [1.165, 1.54) is 6.33 Å². The van der Waals surface area contributed by atoms with Crippen LogP contribution in [0.25, 0.3) is 0 Å². The number of aromatic nitrogens is 3. The largest absolute Gasteiger partial charge is 0.486 e. The molecule has 0 saturated heterocycles. The van der Waals surface area contributed by atoms with Crippen molar-refractivity contribution in [2.45, 2.75) is 11.5 Å². The summed E-state index contributed by atoms with van der Waals surface area (Å²) >= 11 is -1.96. The Kier molecular flexibility index (Phi) is 3.50. The monoisotopic (exact) mass is 253 g/mol. The second-order valence-corrected chi connectivity index (χ2v) is 4.28. The third-order valence-electron chi connectivity index (χ3n) is 2.20. The number of rotatable bonds is 4. The van der Waals surface area contributed by atoms with Crippen LogP contribution >= 0.6 is 0 Å². The van der Waals surface area contributed by atoms with Crippen molar-refractivity contribution >= 4 is 11.1 Å². The maximum Gasteiger partial charge on any atom is 0.186 e. The van der Waals surface area contributed by atoms with Crippen molar-refractivity contribution in [2.75, 3.05) is 0 Å². The van der Waals surface area contributed by atoms with Crippen LogP contribution in [0.4, 0.5) is 0 Å². The first-order valence-electron chi connectivity index (χ1n) is 4.83. The van der Waals surface area contributed by atoms with Crippen LogP contribution < -0.4 is 4.74 Å². The Morgan fingerprint density at radius 1 is 1.41 bits per heavy atom. The van der Waals surface area contributed by atoms with Gasteiger partial charge in [0, 0.05) is 7.05 Å². The van der Waals surface area contributed by atoms with Crippen LogP contribution in [-0.2, 0) is 24.7 Å². The van der Waals surface area contributed by atoms with E-state index in [1.54, 1.807) is 36.0 Å². The van der Waals surface area contributed by atoms with Gasteiger partial charge in [-0.2, -0.15) is 5.10 Å². The molecule has 0 aliphatic carbocycles. The molecule has 17 heavy (non-hydrogen) atoms. The van der Waals surface area contributed by atoms with Gasteiger partial charge in [-0.1, -0.05) is 0 Å². The Bertz CT molecular complexity index is 524. The van der Waals surface area contributed by atoms with Crippen molar-refractivity contribution < 1.29 is 13.5 Å². The molecule has 0 aliphatic heterocycles. The van der Waals surface area contributed by atoms with Crippen molar-refractivity contribution in [1.29, 1.82) is 0 Å². The Labute approximate surface area is 101 Å². The second kappa shape index (κ2) is 5.07. The molecule has 0 radical (unpaired) electrons. The van der Waals surface area contributed by atoms with Crippen LogP contribution in [0.2, 0.25) is 0 Å². The first-order chi connectivity index (χ1) is 8.16. The highest BCUT2D eigenvalue weighted by Crippen LogP contribution is 2.15. The third-order valence-corrected chi connectivity index (χ3v) is 2.87. The molecule has 0 spiro atoms. The predicted molar refractivity (Wildman–Crippen MR) is 60.8 cm³/mol. The van der Waals surface area contributed by atoms with Gasteiger partial charge < -0.3 is 9.29 Å². The lowest BCUT2D eigenvalue weighted by atomic mass is 10.3. The van der Waals surface area contributed by atoms with Gasteiger partial charge in [0.05, 0.1) is 4.90 Å². The summed E-state index contributed by atoms with van der Waals surface area (Å²) in [5, 5.41) is 3.92. The highest BCUT2D eigenvalue weighted by molar-refractivity contribution is 7.79. The summed E-state index contributed by atoms with van der Waals surface area (Å²) < 4.78 is 26.7. The van der Waals surface area contributed by atoms with E-state index in [1.807, 2.05) is 0 Å². The zero-order valence-electron chi connectivity index (χ0n) is 9.11. The molecule has 1 unspecified atom stereocenters. The Balaban J connectivity index is 2.00. The minimum atomic E-state index is -1.96. The van der Waals surface area contributed by atoms with E-state index in [9.17, 15) is 4.21 Å². The van der Waals surface area contributed by atoms with Crippen LogP contribution in [0, 0.1) is 0 Å². The number of hydrogen-bond acceptors (Lipinski definition) is 4. The number of nitrogens with zero attached hydrogens (tertiary/aromatic N) is 3. The fraction of sp³-hybridized carbons (Fsp3) is 0.200. The molecule has 0 aliphatic rings. The van der Waals surface area contributed by atoms with Gasteiger partial charge >= 0.3 is 0 Å². The van der Waals surface area contributed by atoms with Gasteiger partial charge in [-0.05, 0) is 24.3 Å².